The van der Waals surface area contributed by atoms with Crippen LogP contribution < -0.4 is 0 Å². The van der Waals surface area contributed by atoms with E-state index in [1.165, 1.54) is 49.9 Å². The van der Waals surface area contributed by atoms with Gasteiger partial charge in [0, 0.05) is 37.0 Å². The number of hydrogen-bond acceptors (Lipinski definition) is 0. The molecule has 0 saturated heterocycles. The monoisotopic (exact) mass is 679 g/mol. The Bertz CT molecular complexity index is 3230. The first-order valence-corrected chi connectivity index (χ1v) is 18.3. The first-order valence-electron chi connectivity index (χ1n) is 19.8. The molecule has 0 radical (unpaired) electrons. The summed E-state index contributed by atoms with van der Waals surface area (Å²) in [4.78, 5) is 0. The minimum absolute atomic E-state index is 0.354. The van der Waals surface area contributed by atoms with Crippen molar-refractivity contribution in [3.8, 4) is 44.8 Å². The fraction of sp³-hybridized carbons (Fsp3) is 0.0588. The third kappa shape index (κ3) is 4.59. The second kappa shape index (κ2) is 11.4. The Morgan fingerprint density at radius 1 is 0.415 bits per heavy atom. The molecule has 1 aliphatic rings. The summed E-state index contributed by atoms with van der Waals surface area (Å²) in [7, 11) is 0. The lowest BCUT2D eigenvalue weighted by atomic mass is 9.93. The van der Waals surface area contributed by atoms with Gasteiger partial charge in [-0.2, -0.15) is 0 Å². The molecule has 0 unspecified atom stereocenters. The van der Waals surface area contributed by atoms with Crippen molar-refractivity contribution in [2.45, 2.75) is 20.2 Å². The van der Waals surface area contributed by atoms with Gasteiger partial charge in [-0.25, -0.2) is 0 Å². The van der Waals surface area contributed by atoms with E-state index in [9.17, 15) is 0 Å². The highest BCUT2D eigenvalue weighted by Gasteiger charge is 2.22. The van der Waals surface area contributed by atoms with Gasteiger partial charge in [-0.1, -0.05) is 114 Å². The summed E-state index contributed by atoms with van der Waals surface area (Å²) in [6, 6.07) is 60.7. The van der Waals surface area contributed by atoms with Crippen molar-refractivity contribution in [3.05, 3.63) is 192 Å². The van der Waals surface area contributed by atoms with Crippen LogP contribution in [0, 0.1) is 13.8 Å². The van der Waals surface area contributed by atoms with E-state index in [0.29, 0.717) is 5.56 Å². The van der Waals surface area contributed by atoms with E-state index in [2.05, 4.69) is 168 Å². The summed E-state index contributed by atoms with van der Waals surface area (Å²) < 4.78 is 28.9. The van der Waals surface area contributed by atoms with E-state index in [0.717, 1.165) is 61.6 Å². The topological polar surface area (TPSA) is 9.86 Å². The summed E-state index contributed by atoms with van der Waals surface area (Å²) in [5, 5.41) is 4.33. The van der Waals surface area contributed by atoms with Crippen LogP contribution in [0.2, 0.25) is 0 Å². The van der Waals surface area contributed by atoms with Gasteiger partial charge < -0.3 is 9.13 Å². The Morgan fingerprint density at radius 3 is 1.85 bits per heavy atom. The van der Waals surface area contributed by atoms with Crippen LogP contribution in [0.3, 0.4) is 0 Å². The second-order valence-electron chi connectivity index (χ2n) is 14.4. The molecular weight excluding hydrogens is 641 g/mol. The number of fused-ring (bicyclic) bond motifs is 9. The van der Waals surface area contributed by atoms with Crippen LogP contribution >= 0.6 is 0 Å². The first kappa shape index (κ1) is 27.1. The van der Waals surface area contributed by atoms with Gasteiger partial charge in [0.25, 0.3) is 0 Å². The van der Waals surface area contributed by atoms with E-state index in [4.69, 9.17) is 4.11 Å². The fourth-order valence-corrected chi connectivity index (χ4v) is 8.91. The molecule has 0 fully saturated rings. The van der Waals surface area contributed by atoms with Gasteiger partial charge in [-0.15, -0.1) is 0 Å². The Hall–Kier alpha value is -6.64. The van der Waals surface area contributed by atoms with Gasteiger partial charge >= 0.3 is 0 Å². The number of hydrogen-bond donors (Lipinski definition) is 0. The van der Waals surface area contributed by atoms with Crippen LogP contribution in [0.15, 0.2) is 170 Å². The Balaban J connectivity index is 1.04. The highest BCUT2D eigenvalue weighted by molar-refractivity contribution is 6.12. The van der Waals surface area contributed by atoms with Gasteiger partial charge in [0.15, 0.2) is 0 Å². The van der Waals surface area contributed by atoms with Crippen LogP contribution in [0.4, 0.5) is 0 Å². The van der Waals surface area contributed by atoms with E-state index < -0.39 is 6.85 Å². The SMILES string of the molecule is [2H]C([2H])([2H])c1ccc2c(c1)c1cc(C)ccc1n2-c1ccc2c(c1)c1ccccc1n2-c1cccc(-c2cccc(-c3cccc4c3Cc3ccccc3-4)c2)c1. The standard InChI is InChI=1S/C51H36N2/c1-32-20-23-49-45(26-32)46-27-33(2)21-24-50(46)53(49)39-22-25-51-47(31-39)43-16-5-6-19-48(43)52(51)38-14-8-12-35(29-38)34-11-7-13-36(28-34)41-17-9-18-42-40-15-4-3-10-37(40)30-44(41)42/h3-29,31H,30H2,1-2H3/i1D3. The molecule has 250 valence electrons. The largest absolute Gasteiger partial charge is 0.309 e. The quantitative estimate of drug-likeness (QED) is 0.175. The minimum Gasteiger partial charge on any atom is -0.309 e. The summed E-state index contributed by atoms with van der Waals surface area (Å²) in [5.74, 6) is 0. The molecular formula is C51H36N2. The molecule has 10 aromatic rings. The molecule has 1 aliphatic carbocycles. The maximum Gasteiger partial charge on any atom is 0.0542 e. The molecule has 0 bridgehead atoms. The summed E-state index contributed by atoms with van der Waals surface area (Å²) in [6.45, 7) is -0.0981. The van der Waals surface area contributed by atoms with Gasteiger partial charge in [0.1, 0.15) is 0 Å². The molecule has 2 heterocycles. The van der Waals surface area contributed by atoms with Crippen LogP contribution in [0.1, 0.15) is 26.4 Å². The van der Waals surface area contributed by atoms with Gasteiger partial charge in [-0.3, -0.25) is 0 Å². The Morgan fingerprint density at radius 2 is 1.00 bits per heavy atom. The first-order chi connectivity index (χ1) is 27.3. The average Bonchev–Trinajstić information content (AvgIpc) is 3.87. The normalized spacial score (nSPS) is 13.3. The molecule has 8 aromatic carbocycles. The molecule has 2 aromatic heterocycles. The number of aryl methyl sites for hydroxylation is 2. The number of aromatic nitrogens is 2. The third-order valence-corrected chi connectivity index (χ3v) is 11.3. The smallest absolute Gasteiger partial charge is 0.0542 e. The lowest BCUT2D eigenvalue weighted by molar-refractivity contribution is 1.16. The Labute approximate surface area is 313 Å². The molecule has 11 rings (SSSR count). The van der Waals surface area contributed by atoms with Crippen molar-refractivity contribution >= 4 is 43.6 Å². The van der Waals surface area contributed by atoms with Crippen molar-refractivity contribution in [3.63, 3.8) is 0 Å². The van der Waals surface area contributed by atoms with Crippen molar-refractivity contribution in [1.82, 2.24) is 9.13 Å². The van der Waals surface area contributed by atoms with Gasteiger partial charge in [0.2, 0.25) is 0 Å². The number of para-hydroxylation sites is 1. The molecule has 0 N–H and O–H groups in total. The Kier molecular flexibility index (Phi) is 5.84. The molecule has 0 saturated carbocycles. The number of benzene rings is 8. The zero-order valence-corrected chi connectivity index (χ0v) is 29.3. The molecule has 2 heteroatoms. The lowest BCUT2D eigenvalue weighted by Gasteiger charge is -2.13. The zero-order valence-electron chi connectivity index (χ0n) is 32.3. The average molecular weight is 680 g/mol. The van der Waals surface area contributed by atoms with Crippen molar-refractivity contribution in [2.75, 3.05) is 0 Å². The van der Waals surface area contributed by atoms with E-state index >= 15 is 0 Å². The van der Waals surface area contributed by atoms with E-state index in [1.54, 1.807) is 6.07 Å². The van der Waals surface area contributed by atoms with Crippen molar-refractivity contribution < 1.29 is 4.11 Å². The minimum atomic E-state index is -2.18. The van der Waals surface area contributed by atoms with Crippen LogP contribution in [-0.4, -0.2) is 9.13 Å². The summed E-state index contributed by atoms with van der Waals surface area (Å²) in [5.41, 5.74) is 18.3. The second-order valence-corrected chi connectivity index (χ2v) is 14.4. The molecule has 0 amide bonds. The van der Waals surface area contributed by atoms with Crippen LogP contribution in [0.5, 0.6) is 0 Å². The molecule has 0 atom stereocenters. The highest BCUT2D eigenvalue weighted by Crippen LogP contribution is 2.43. The third-order valence-electron chi connectivity index (χ3n) is 11.3. The summed E-state index contributed by atoms with van der Waals surface area (Å²) >= 11 is 0. The van der Waals surface area contributed by atoms with E-state index in [-0.39, 0.29) is 0 Å². The zero-order chi connectivity index (χ0) is 37.7. The van der Waals surface area contributed by atoms with Gasteiger partial charge in [0.05, 0.1) is 22.1 Å². The van der Waals surface area contributed by atoms with Crippen molar-refractivity contribution in [2.24, 2.45) is 0 Å². The van der Waals surface area contributed by atoms with Crippen LogP contribution in [0.25, 0.3) is 88.4 Å². The highest BCUT2D eigenvalue weighted by atomic mass is 15.0. The predicted octanol–water partition coefficient (Wildman–Crippen LogP) is 13.4. The fourth-order valence-electron chi connectivity index (χ4n) is 8.91. The maximum atomic E-state index is 8.09. The van der Waals surface area contributed by atoms with Crippen molar-refractivity contribution in [1.29, 1.82) is 0 Å². The maximum absolute atomic E-state index is 8.09. The lowest BCUT2D eigenvalue weighted by Crippen LogP contribution is -1.96. The van der Waals surface area contributed by atoms with Gasteiger partial charge in [-0.05, 0) is 131 Å². The predicted molar refractivity (Wildman–Crippen MR) is 224 cm³/mol. The molecule has 0 aliphatic heterocycles. The number of rotatable bonds is 4. The molecule has 0 spiro atoms. The number of nitrogens with zero attached hydrogens (tertiary/aromatic N) is 2. The molecule has 53 heavy (non-hydrogen) atoms. The summed E-state index contributed by atoms with van der Waals surface area (Å²) in [6.07, 6.45) is 0.957. The molecule has 2 nitrogen and oxygen atoms in total. The van der Waals surface area contributed by atoms with E-state index in [1.807, 2.05) is 12.1 Å². The van der Waals surface area contributed by atoms with Crippen LogP contribution in [-0.2, 0) is 6.42 Å².